The van der Waals surface area contributed by atoms with Gasteiger partial charge in [0, 0.05) is 35.7 Å². The van der Waals surface area contributed by atoms with Crippen LogP contribution in [0.1, 0.15) is 11.3 Å². The standard InChI is InChI=1S/C20H19NO4/c1-23-16-12-19(24-2)17(20(13-16)25-3)11-10-15-9-8-14-6-4-5-7-18(14)21(15)22/h4-13H,1-3H3. The van der Waals surface area contributed by atoms with Crippen molar-refractivity contribution in [3.8, 4) is 17.2 Å². The van der Waals surface area contributed by atoms with E-state index < -0.39 is 0 Å². The van der Waals surface area contributed by atoms with Crippen molar-refractivity contribution < 1.29 is 18.9 Å². The van der Waals surface area contributed by atoms with E-state index in [1.807, 2.05) is 24.3 Å². The molecule has 0 radical (unpaired) electrons. The molecule has 0 aliphatic rings. The van der Waals surface area contributed by atoms with E-state index in [-0.39, 0.29) is 0 Å². The van der Waals surface area contributed by atoms with Crippen LogP contribution in [0.5, 0.6) is 17.2 Å². The molecule has 0 unspecified atom stereocenters. The number of aromatic nitrogens is 1. The second kappa shape index (κ2) is 7.13. The predicted molar refractivity (Wildman–Crippen MR) is 97.9 cm³/mol. The van der Waals surface area contributed by atoms with Gasteiger partial charge in [0.05, 0.1) is 26.9 Å². The zero-order valence-corrected chi connectivity index (χ0v) is 14.4. The van der Waals surface area contributed by atoms with Crippen molar-refractivity contribution in [2.24, 2.45) is 0 Å². The first kappa shape index (κ1) is 16.6. The molecule has 5 heteroatoms. The van der Waals surface area contributed by atoms with Gasteiger partial charge in [-0.2, -0.15) is 4.73 Å². The Morgan fingerprint density at radius 2 is 1.52 bits per heavy atom. The Morgan fingerprint density at radius 3 is 2.16 bits per heavy atom. The van der Waals surface area contributed by atoms with E-state index >= 15 is 0 Å². The van der Waals surface area contributed by atoms with Gasteiger partial charge in [-0.05, 0) is 18.2 Å². The number of hydrogen-bond acceptors (Lipinski definition) is 4. The largest absolute Gasteiger partial charge is 0.618 e. The minimum absolute atomic E-state index is 0.527. The number of para-hydroxylation sites is 1. The predicted octanol–water partition coefficient (Wildman–Crippen LogP) is 3.67. The smallest absolute Gasteiger partial charge is 0.224 e. The Balaban J connectivity index is 2.06. The van der Waals surface area contributed by atoms with Crippen LogP contribution in [0.3, 0.4) is 0 Å². The maximum Gasteiger partial charge on any atom is 0.224 e. The molecule has 0 spiro atoms. The third kappa shape index (κ3) is 3.21. The fourth-order valence-corrected chi connectivity index (χ4v) is 2.68. The monoisotopic (exact) mass is 337 g/mol. The van der Waals surface area contributed by atoms with Crippen molar-refractivity contribution in [1.82, 2.24) is 0 Å². The highest BCUT2D eigenvalue weighted by Crippen LogP contribution is 2.35. The van der Waals surface area contributed by atoms with Crippen molar-refractivity contribution in [1.29, 1.82) is 0 Å². The molecule has 2 aromatic carbocycles. The van der Waals surface area contributed by atoms with Gasteiger partial charge in [-0.1, -0.05) is 12.1 Å². The molecule has 3 rings (SSSR count). The summed E-state index contributed by atoms with van der Waals surface area (Å²) >= 11 is 0. The third-order valence-electron chi connectivity index (χ3n) is 4.00. The maximum atomic E-state index is 12.5. The summed E-state index contributed by atoms with van der Waals surface area (Å²) in [6.45, 7) is 0. The molecular formula is C20H19NO4. The van der Waals surface area contributed by atoms with E-state index in [2.05, 4.69) is 0 Å². The molecule has 0 aliphatic carbocycles. The third-order valence-corrected chi connectivity index (χ3v) is 4.00. The van der Waals surface area contributed by atoms with Gasteiger partial charge in [0.2, 0.25) is 11.2 Å². The van der Waals surface area contributed by atoms with Crippen molar-refractivity contribution in [2.75, 3.05) is 21.3 Å². The van der Waals surface area contributed by atoms with E-state index in [1.54, 1.807) is 57.7 Å². The summed E-state index contributed by atoms with van der Waals surface area (Å²) in [5.41, 5.74) is 1.89. The van der Waals surface area contributed by atoms with E-state index in [9.17, 15) is 5.21 Å². The van der Waals surface area contributed by atoms with Gasteiger partial charge in [0.25, 0.3) is 0 Å². The lowest BCUT2D eigenvalue weighted by Gasteiger charge is -2.12. The molecule has 1 heterocycles. The van der Waals surface area contributed by atoms with Crippen molar-refractivity contribution in [2.45, 2.75) is 0 Å². The van der Waals surface area contributed by atoms with E-state index in [1.165, 1.54) is 0 Å². The van der Waals surface area contributed by atoms with Crippen LogP contribution in [-0.2, 0) is 0 Å². The highest BCUT2D eigenvalue weighted by atomic mass is 16.5. The number of pyridine rings is 1. The van der Waals surface area contributed by atoms with Gasteiger partial charge in [-0.3, -0.25) is 0 Å². The number of methoxy groups -OCH3 is 3. The Labute approximate surface area is 146 Å². The fraction of sp³-hybridized carbons (Fsp3) is 0.150. The molecule has 0 N–H and O–H groups in total. The average Bonchev–Trinajstić information content (AvgIpc) is 2.67. The lowest BCUT2D eigenvalue weighted by molar-refractivity contribution is -0.579. The number of ether oxygens (including phenoxy) is 3. The molecule has 0 saturated carbocycles. The highest BCUT2D eigenvalue weighted by Gasteiger charge is 2.12. The number of benzene rings is 2. The minimum atomic E-state index is 0.527. The van der Waals surface area contributed by atoms with Gasteiger partial charge >= 0.3 is 0 Å². The molecule has 3 aromatic rings. The highest BCUT2D eigenvalue weighted by molar-refractivity contribution is 5.79. The molecule has 0 atom stereocenters. The van der Waals surface area contributed by atoms with Crippen LogP contribution in [0.2, 0.25) is 0 Å². The molecule has 0 fully saturated rings. The van der Waals surface area contributed by atoms with Gasteiger partial charge in [0.1, 0.15) is 17.2 Å². The Morgan fingerprint density at radius 1 is 0.840 bits per heavy atom. The van der Waals surface area contributed by atoms with Crippen LogP contribution in [-0.4, -0.2) is 21.3 Å². The SMILES string of the molecule is COc1cc(OC)c(C=Cc2ccc3ccccc3[n+]2[O-])c(OC)c1. The van der Waals surface area contributed by atoms with Gasteiger partial charge < -0.3 is 19.4 Å². The first-order chi connectivity index (χ1) is 12.2. The molecule has 0 aliphatic heterocycles. The van der Waals surface area contributed by atoms with Crippen molar-refractivity contribution >= 4 is 23.1 Å². The molecule has 5 nitrogen and oxygen atoms in total. The molecule has 0 saturated heterocycles. The van der Waals surface area contributed by atoms with Crippen LogP contribution in [0.4, 0.5) is 0 Å². The quantitative estimate of drug-likeness (QED) is 0.526. The van der Waals surface area contributed by atoms with E-state index in [0.29, 0.717) is 28.5 Å². The normalized spacial score (nSPS) is 11.0. The van der Waals surface area contributed by atoms with Crippen LogP contribution in [0.15, 0.2) is 48.5 Å². The number of hydrogen-bond donors (Lipinski definition) is 0. The van der Waals surface area contributed by atoms with Crippen molar-refractivity contribution in [3.05, 3.63) is 65.0 Å². The first-order valence-corrected chi connectivity index (χ1v) is 7.77. The van der Waals surface area contributed by atoms with Crippen LogP contribution < -0.4 is 18.9 Å². The molecule has 25 heavy (non-hydrogen) atoms. The average molecular weight is 337 g/mol. The number of nitrogens with zero attached hydrogens (tertiary/aromatic N) is 1. The number of fused-ring (bicyclic) bond motifs is 1. The van der Waals surface area contributed by atoms with Crippen LogP contribution in [0, 0.1) is 5.21 Å². The molecule has 128 valence electrons. The summed E-state index contributed by atoms with van der Waals surface area (Å²) in [7, 11) is 4.74. The first-order valence-electron chi connectivity index (χ1n) is 7.77. The summed E-state index contributed by atoms with van der Waals surface area (Å²) in [6, 6.07) is 14.7. The van der Waals surface area contributed by atoms with Gasteiger partial charge in [-0.25, -0.2) is 0 Å². The lowest BCUT2D eigenvalue weighted by atomic mass is 10.1. The summed E-state index contributed by atoms with van der Waals surface area (Å²) in [6.07, 6.45) is 3.54. The molecular weight excluding hydrogens is 318 g/mol. The van der Waals surface area contributed by atoms with Gasteiger partial charge in [0.15, 0.2) is 0 Å². The zero-order chi connectivity index (χ0) is 17.8. The molecule has 0 bridgehead atoms. The second-order valence-corrected chi connectivity index (χ2v) is 5.39. The summed E-state index contributed by atoms with van der Waals surface area (Å²) in [5, 5.41) is 13.4. The second-order valence-electron chi connectivity index (χ2n) is 5.39. The van der Waals surface area contributed by atoms with Gasteiger partial charge in [-0.15, -0.1) is 0 Å². The van der Waals surface area contributed by atoms with E-state index in [0.717, 1.165) is 15.7 Å². The zero-order valence-electron chi connectivity index (χ0n) is 14.4. The lowest BCUT2D eigenvalue weighted by Crippen LogP contribution is -2.30. The Kier molecular flexibility index (Phi) is 4.75. The number of rotatable bonds is 5. The van der Waals surface area contributed by atoms with Crippen LogP contribution in [0.25, 0.3) is 23.1 Å². The Bertz CT molecular complexity index is 909. The van der Waals surface area contributed by atoms with E-state index in [4.69, 9.17) is 14.2 Å². The van der Waals surface area contributed by atoms with Crippen molar-refractivity contribution in [3.63, 3.8) is 0 Å². The maximum absolute atomic E-state index is 12.5. The summed E-state index contributed by atoms with van der Waals surface area (Å²) < 4.78 is 17.0. The minimum Gasteiger partial charge on any atom is -0.618 e. The Hall–Kier alpha value is -3.21. The summed E-state index contributed by atoms with van der Waals surface area (Å²) in [5.74, 6) is 1.84. The summed E-state index contributed by atoms with van der Waals surface area (Å²) in [4.78, 5) is 0. The topological polar surface area (TPSA) is 54.6 Å². The molecule has 0 amide bonds. The molecule has 1 aromatic heterocycles. The van der Waals surface area contributed by atoms with Crippen LogP contribution >= 0.6 is 0 Å². The fourth-order valence-electron chi connectivity index (χ4n) is 2.68.